The van der Waals surface area contributed by atoms with Gasteiger partial charge in [0, 0.05) is 14.1 Å². The van der Waals surface area contributed by atoms with Crippen LogP contribution in [0.3, 0.4) is 0 Å². The SMILES string of the molecule is CN(C)/C=N/c1nc2c(ncn2C2OC(CO)C(O)C2O)c(=O)[nH]1. The third-order valence-electron chi connectivity index (χ3n) is 3.62. The molecular weight excluding hydrogens is 320 g/mol. The molecule has 0 aliphatic carbocycles. The van der Waals surface area contributed by atoms with E-state index in [9.17, 15) is 20.1 Å². The summed E-state index contributed by atoms with van der Waals surface area (Å²) < 4.78 is 6.78. The molecule has 0 amide bonds. The zero-order valence-corrected chi connectivity index (χ0v) is 13.1. The van der Waals surface area contributed by atoms with Gasteiger partial charge in [-0.05, 0) is 0 Å². The molecule has 3 heterocycles. The first-order chi connectivity index (χ1) is 11.4. The molecule has 2 aromatic rings. The summed E-state index contributed by atoms with van der Waals surface area (Å²) in [7, 11) is 3.53. The van der Waals surface area contributed by atoms with Crippen molar-refractivity contribution in [2.45, 2.75) is 24.5 Å². The summed E-state index contributed by atoms with van der Waals surface area (Å²) in [6, 6.07) is 0. The van der Waals surface area contributed by atoms with E-state index in [0.717, 1.165) is 0 Å². The van der Waals surface area contributed by atoms with Crippen molar-refractivity contribution in [3.8, 4) is 0 Å². The van der Waals surface area contributed by atoms with Crippen LogP contribution in [0.1, 0.15) is 6.23 Å². The predicted molar refractivity (Wildman–Crippen MR) is 83.0 cm³/mol. The van der Waals surface area contributed by atoms with Gasteiger partial charge < -0.3 is 25.0 Å². The molecule has 3 rings (SSSR count). The Labute approximate surface area is 135 Å². The number of aliphatic hydroxyl groups excluding tert-OH is 3. The number of rotatable bonds is 4. The van der Waals surface area contributed by atoms with Crippen LogP contribution in [0.2, 0.25) is 0 Å². The third kappa shape index (κ3) is 2.78. The van der Waals surface area contributed by atoms with Gasteiger partial charge in [-0.2, -0.15) is 4.98 Å². The molecule has 4 atom stereocenters. The van der Waals surface area contributed by atoms with Crippen LogP contribution in [-0.2, 0) is 4.74 Å². The second-order valence-corrected chi connectivity index (χ2v) is 5.65. The van der Waals surface area contributed by atoms with E-state index in [1.165, 1.54) is 17.2 Å². The predicted octanol–water partition coefficient (Wildman–Crippen LogP) is -2.05. The number of aromatic nitrogens is 4. The van der Waals surface area contributed by atoms with Gasteiger partial charge in [0.25, 0.3) is 5.56 Å². The van der Waals surface area contributed by atoms with Crippen molar-refractivity contribution in [3.63, 3.8) is 0 Å². The Morgan fingerprint density at radius 3 is 2.83 bits per heavy atom. The summed E-state index contributed by atoms with van der Waals surface area (Å²) >= 11 is 0. The van der Waals surface area contributed by atoms with E-state index in [4.69, 9.17) is 4.74 Å². The number of H-pyrrole nitrogens is 1. The van der Waals surface area contributed by atoms with E-state index < -0.39 is 36.7 Å². The molecule has 0 saturated carbocycles. The normalized spacial score (nSPS) is 27.4. The number of imidazole rings is 1. The average Bonchev–Trinajstić information content (AvgIpc) is 3.08. The van der Waals surface area contributed by atoms with Crippen LogP contribution in [0, 0.1) is 0 Å². The summed E-state index contributed by atoms with van der Waals surface area (Å²) in [5, 5.41) is 29.2. The molecule has 11 heteroatoms. The Morgan fingerprint density at radius 2 is 2.21 bits per heavy atom. The molecule has 1 aliphatic rings. The minimum atomic E-state index is -1.30. The largest absolute Gasteiger partial charge is 0.394 e. The Morgan fingerprint density at radius 1 is 1.46 bits per heavy atom. The lowest BCUT2D eigenvalue weighted by molar-refractivity contribution is -0.0511. The molecule has 2 aromatic heterocycles. The smallest absolute Gasteiger partial charge is 0.280 e. The van der Waals surface area contributed by atoms with Crippen molar-refractivity contribution < 1.29 is 20.1 Å². The van der Waals surface area contributed by atoms with Crippen LogP contribution in [-0.4, -0.2) is 85.1 Å². The standard InChI is InChI=1S/C13H18N6O5/c1-18(2)4-15-13-16-10-7(11(23)17-13)14-5-19(10)12-9(22)8(21)6(3-20)24-12/h4-6,8-9,12,20-22H,3H2,1-2H3,(H,16,17,23)/b15-4+. The Balaban J connectivity index is 2.05. The number of aliphatic imine (C=N–C) groups is 1. The number of hydrogen-bond donors (Lipinski definition) is 4. The Bertz CT molecular complexity index is 815. The molecule has 4 unspecified atom stereocenters. The maximum absolute atomic E-state index is 12.1. The van der Waals surface area contributed by atoms with Gasteiger partial charge in [-0.1, -0.05) is 0 Å². The molecule has 0 spiro atoms. The zero-order valence-electron chi connectivity index (χ0n) is 13.1. The zero-order chi connectivity index (χ0) is 17.4. The number of fused-ring (bicyclic) bond motifs is 1. The Hall–Kier alpha value is -2.34. The number of nitrogens with one attached hydrogen (secondary N) is 1. The lowest BCUT2D eigenvalue weighted by Gasteiger charge is -2.16. The van der Waals surface area contributed by atoms with Crippen molar-refractivity contribution in [1.29, 1.82) is 0 Å². The molecule has 24 heavy (non-hydrogen) atoms. The molecule has 1 saturated heterocycles. The van der Waals surface area contributed by atoms with Crippen molar-refractivity contribution >= 4 is 23.5 Å². The fourth-order valence-corrected chi connectivity index (χ4v) is 2.44. The summed E-state index contributed by atoms with van der Waals surface area (Å²) in [6.07, 6.45) is -1.76. The minimum absolute atomic E-state index is 0.0524. The highest BCUT2D eigenvalue weighted by atomic mass is 16.6. The highest BCUT2D eigenvalue weighted by molar-refractivity contribution is 5.71. The second kappa shape index (κ2) is 6.28. The minimum Gasteiger partial charge on any atom is -0.394 e. The maximum atomic E-state index is 12.1. The van der Waals surface area contributed by atoms with Crippen LogP contribution >= 0.6 is 0 Å². The summed E-state index contributed by atoms with van der Waals surface area (Å²) in [5.74, 6) is 0.0645. The summed E-state index contributed by atoms with van der Waals surface area (Å²) in [5.41, 5.74) is -0.285. The van der Waals surface area contributed by atoms with Crippen LogP contribution in [0.15, 0.2) is 16.1 Å². The lowest BCUT2D eigenvalue weighted by atomic mass is 10.1. The molecular formula is C13H18N6O5. The fourth-order valence-electron chi connectivity index (χ4n) is 2.44. The van der Waals surface area contributed by atoms with Crippen molar-refractivity contribution in [3.05, 3.63) is 16.7 Å². The quantitative estimate of drug-likeness (QED) is 0.368. The molecule has 0 aromatic carbocycles. The molecule has 11 nitrogen and oxygen atoms in total. The lowest BCUT2D eigenvalue weighted by Crippen LogP contribution is -2.33. The molecule has 0 radical (unpaired) electrons. The summed E-state index contributed by atoms with van der Waals surface area (Å²) in [6.45, 7) is -0.451. The van der Waals surface area contributed by atoms with Gasteiger partial charge >= 0.3 is 0 Å². The first-order valence-corrected chi connectivity index (χ1v) is 7.22. The van der Waals surface area contributed by atoms with Crippen LogP contribution < -0.4 is 5.56 Å². The van der Waals surface area contributed by atoms with Crippen LogP contribution in [0.5, 0.6) is 0 Å². The van der Waals surface area contributed by atoms with E-state index in [-0.39, 0.29) is 17.1 Å². The number of aliphatic hydroxyl groups is 3. The topological polar surface area (TPSA) is 149 Å². The molecule has 4 N–H and O–H groups in total. The third-order valence-corrected chi connectivity index (χ3v) is 3.62. The highest BCUT2D eigenvalue weighted by Crippen LogP contribution is 2.30. The van der Waals surface area contributed by atoms with E-state index in [1.54, 1.807) is 19.0 Å². The second-order valence-electron chi connectivity index (χ2n) is 5.65. The van der Waals surface area contributed by atoms with Crippen molar-refractivity contribution in [2.24, 2.45) is 4.99 Å². The van der Waals surface area contributed by atoms with Gasteiger partial charge in [-0.3, -0.25) is 14.3 Å². The van der Waals surface area contributed by atoms with Gasteiger partial charge in [0.1, 0.15) is 18.3 Å². The fraction of sp³-hybridized carbons (Fsp3) is 0.538. The van der Waals surface area contributed by atoms with E-state index in [2.05, 4.69) is 19.9 Å². The van der Waals surface area contributed by atoms with E-state index >= 15 is 0 Å². The first-order valence-electron chi connectivity index (χ1n) is 7.22. The van der Waals surface area contributed by atoms with Gasteiger partial charge in [-0.25, -0.2) is 9.98 Å². The molecule has 1 fully saturated rings. The van der Waals surface area contributed by atoms with Gasteiger partial charge in [-0.15, -0.1) is 0 Å². The van der Waals surface area contributed by atoms with Gasteiger partial charge in [0.15, 0.2) is 17.4 Å². The van der Waals surface area contributed by atoms with Gasteiger partial charge in [0.05, 0.1) is 19.3 Å². The highest BCUT2D eigenvalue weighted by Gasteiger charge is 2.44. The maximum Gasteiger partial charge on any atom is 0.280 e. The van der Waals surface area contributed by atoms with Crippen LogP contribution in [0.4, 0.5) is 5.95 Å². The first kappa shape index (κ1) is 16.5. The number of hydrogen-bond acceptors (Lipinski definition) is 8. The number of aromatic amines is 1. The average molecular weight is 338 g/mol. The number of nitrogens with zero attached hydrogens (tertiary/aromatic N) is 5. The monoisotopic (exact) mass is 338 g/mol. The Kier molecular flexibility index (Phi) is 4.32. The van der Waals surface area contributed by atoms with Crippen molar-refractivity contribution in [1.82, 2.24) is 24.4 Å². The molecule has 1 aliphatic heterocycles. The van der Waals surface area contributed by atoms with Crippen LogP contribution in [0.25, 0.3) is 11.2 Å². The van der Waals surface area contributed by atoms with Crippen molar-refractivity contribution in [2.75, 3.05) is 20.7 Å². The molecule has 0 bridgehead atoms. The number of ether oxygens (including phenoxy) is 1. The summed E-state index contributed by atoms with van der Waals surface area (Å²) in [4.78, 5) is 28.5. The molecule has 130 valence electrons. The van der Waals surface area contributed by atoms with E-state index in [0.29, 0.717) is 0 Å². The van der Waals surface area contributed by atoms with Gasteiger partial charge in [0.2, 0.25) is 5.95 Å². The van der Waals surface area contributed by atoms with E-state index in [1.807, 2.05) is 0 Å².